The molecule has 0 amide bonds. The summed E-state index contributed by atoms with van der Waals surface area (Å²) in [5, 5.41) is -0.305. The molecule has 0 fully saturated rings. The lowest BCUT2D eigenvalue weighted by Crippen LogP contribution is -2.19. The molecule has 0 spiro atoms. The van der Waals surface area contributed by atoms with Gasteiger partial charge in [-0.1, -0.05) is 50.7 Å². The third kappa shape index (κ3) is 6.63. The van der Waals surface area contributed by atoms with E-state index in [9.17, 15) is 13.2 Å². The van der Waals surface area contributed by atoms with Crippen molar-refractivity contribution in [3.8, 4) is 0 Å². The summed E-state index contributed by atoms with van der Waals surface area (Å²) in [6.45, 7) is 11.6. The third-order valence-electron chi connectivity index (χ3n) is 3.70. The average Bonchev–Trinajstić information content (AvgIpc) is 2.46. The third-order valence-corrected chi connectivity index (χ3v) is 4.39. The van der Waals surface area contributed by atoms with Gasteiger partial charge >= 0.3 is 6.18 Å². The van der Waals surface area contributed by atoms with Gasteiger partial charge in [0.15, 0.2) is 0 Å². The highest BCUT2D eigenvalue weighted by molar-refractivity contribution is 7.81. The van der Waals surface area contributed by atoms with Gasteiger partial charge in [0.1, 0.15) is 0 Å². The minimum Gasteiger partial charge on any atom is -0.377 e. The highest BCUT2D eigenvalue weighted by Gasteiger charge is 2.33. The molecule has 1 aromatic rings. The molecule has 1 aromatic carbocycles. The molecule has 6 heteroatoms. The number of halogens is 4. The molecule has 0 saturated heterocycles. The Morgan fingerprint density at radius 2 is 1.72 bits per heavy atom. The van der Waals surface area contributed by atoms with Crippen LogP contribution < -0.4 is 0 Å². The smallest absolute Gasteiger partial charge is 0.377 e. The first kappa shape index (κ1) is 22.0. The molecule has 0 aromatic heterocycles. The molecule has 0 radical (unpaired) electrons. The maximum Gasteiger partial charge on any atom is 0.417 e. The molecule has 0 N–H and O–H groups in total. The Balaban J connectivity index is 3.45. The lowest BCUT2D eigenvalue weighted by atomic mass is 9.86. The van der Waals surface area contributed by atoms with Crippen LogP contribution in [0, 0.1) is 5.41 Å². The number of hydrogen-bond donors (Lipinski definition) is 0. The summed E-state index contributed by atoms with van der Waals surface area (Å²) in [5.74, 6) is 0. The van der Waals surface area contributed by atoms with Crippen molar-refractivity contribution < 1.29 is 13.2 Å². The summed E-state index contributed by atoms with van der Waals surface area (Å²) >= 11 is 11.3. The molecular formula is C19H25ClF3NS. The van der Waals surface area contributed by atoms with E-state index in [0.29, 0.717) is 22.4 Å². The van der Waals surface area contributed by atoms with Gasteiger partial charge < -0.3 is 4.90 Å². The van der Waals surface area contributed by atoms with Crippen molar-refractivity contribution in [2.24, 2.45) is 5.41 Å². The van der Waals surface area contributed by atoms with E-state index in [-0.39, 0.29) is 10.4 Å². The minimum absolute atomic E-state index is 0.0568. The highest BCUT2D eigenvalue weighted by atomic mass is 35.5. The Morgan fingerprint density at radius 3 is 2.16 bits per heavy atom. The first-order chi connectivity index (χ1) is 11.4. The Hall–Kier alpha value is -1.07. The van der Waals surface area contributed by atoms with E-state index in [1.165, 1.54) is 6.07 Å². The second-order valence-corrected chi connectivity index (χ2v) is 8.02. The SMILES string of the molecule is CCN(C=C(C(=S)CC(C)(C)C)c1ccc(Cl)c(C(F)(F)F)c1)CC. The van der Waals surface area contributed by atoms with Crippen molar-refractivity contribution >= 4 is 34.3 Å². The first-order valence-corrected chi connectivity index (χ1v) is 9.03. The maximum atomic E-state index is 13.2. The first-order valence-electron chi connectivity index (χ1n) is 8.25. The second-order valence-electron chi connectivity index (χ2n) is 7.12. The van der Waals surface area contributed by atoms with Crippen LogP contribution in [0.2, 0.25) is 5.02 Å². The molecule has 1 rings (SSSR count). The van der Waals surface area contributed by atoms with Crippen LogP contribution in [0.1, 0.15) is 52.2 Å². The van der Waals surface area contributed by atoms with Crippen molar-refractivity contribution in [1.82, 2.24) is 4.90 Å². The van der Waals surface area contributed by atoms with E-state index in [1.807, 2.05) is 24.9 Å². The van der Waals surface area contributed by atoms with Crippen molar-refractivity contribution in [3.05, 3.63) is 40.5 Å². The quantitative estimate of drug-likeness (QED) is 0.385. The molecule has 0 atom stereocenters. The predicted molar refractivity (Wildman–Crippen MR) is 104 cm³/mol. The van der Waals surface area contributed by atoms with E-state index in [2.05, 4.69) is 20.8 Å². The second kappa shape index (κ2) is 8.54. The zero-order chi connectivity index (χ0) is 19.4. The van der Waals surface area contributed by atoms with Gasteiger partial charge in [-0.25, -0.2) is 0 Å². The number of hydrogen-bond acceptors (Lipinski definition) is 2. The lowest BCUT2D eigenvalue weighted by molar-refractivity contribution is -0.137. The summed E-state index contributed by atoms with van der Waals surface area (Å²) in [6, 6.07) is 3.98. The van der Waals surface area contributed by atoms with Gasteiger partial charge in [0.25, 0.3) is 0 Å². The zero-order valence-electron chi connectivity index (χ0n) is 15.3. The molecule has 140 valence electrons. The van der Waals surface area contributed by atoms with Crippen LogP contribution in [0.5, 0.6) is 0 Å². The van der Waals surface area contributed by atoms with Crippen molar-refractivity contribution in [3.63, 3.8) is 0 Å². The van der Waals surface area contributed by atoms with Crippen LogP contribution in [0.3, 0.4) is 0 Å². The van der Waals surface area contributed by atoms with Crippen LogP contribution in [-0.4, -0.2) is 22.9 Å². The molecule has 0 bridgehead atoms. The maximum absolute atomic E-state index is 13.2. The number of allylic oxidation sites excluding steroid dienone is 1. The van der Waals surface area contributed by atoms with Gasteiger partial charge in [-0.3, -0.25) is 0 Å². The van der Waals surface area contributed by atoms with Gasteiger partial charge in [-0.2, -0.15) is 13.2 Å². The number of alkyl halides is 3. The minimum atomic E-state index is -4.50. The summed E-state index contributed by atoms with van der Waals surface area (Å²) in [7, 11) is 0. The predicted octanol–water partition coefficient (Wildman–Crippen LogP) is 6.85. The topological polar surface area (TPSA) is 3.24 Å². The van der Waals surface area contributed by atoms with Crippen LogP contribution in [0.4, 0.5) is 13.2 Å². The van der Waals surface area contributed by atoms with Crippen LogP contribution in [0.15, 0.2) is 24.4 Å². The summed E-state index contributed by atoms with van der Waals surface area (Å²) in [6.07, 6.45) is -2.03. The number of nitrogens with zero attached hydrogens (tertiary/aromatic N) is 1. The van der Waals surface area contributed by atoms with Gasteiger partial charge in [-0.05, 0) is 43.4 Å². The molecule has 0 heterocycles. The fourth-order valence-corrected chi connectivity index (χ4v) is 3.21. The average molecular weight is 392 g/mol. The zero-order valence-corrected chi connectivity index (χ0v) is 16.9. The Bertz CT molecular complexity index is 641. The van der Waals surface area contributed by atoms with Gasteiger partial charge in [0.2, 0.25) is 0 Å². The Kier molecular flexibility index (Phi) is 7.51. The van der Waals surface area contributed by atoms with E-state index in [1.54, 1.807) is 6.07 Å². The van der Waals surface area contributed by atoms with Crippen LogP contribution >= 0.6 is 23.8 Å². The molecule has 25 heavy (non-hydrogen) atoms. The summed E-state index contributed by atoms with van der Waals surface area (Å²) < 4.78 is 39.6. The standard InChI is InChI=1S/C19H25ClF3NS/c1-6-24(7-2)12-14(17(25)11-18(3,4)5)13-8-9-16(20)15(10-13)19(21,22)23/h8-10,12H,6-7,11H2,1-5H3. The molecule has 0 aliphatic carbocycles. The van der Waals surface area contributed by atoms with E-state index < -0.39 is 11.7 Å². The van der Waals surface area contributed by atoms with Gasteiger partial charge in [0, 0.05) is 29.7 Å². The van der Waals surface area contributed by atoms with E-state index in [0.717, 1.165) is 19.2 Å². The number of thiocarbonyl (C=S) groups is 1. The van der Waals surface area contributed by atoms with Crippen molar-refractivity contribution in [1.29, 1.82) is 0 Å². The van der Waals surface area contributed by atoms with Crippen molar-refractivity contribution in [2.75, 3.05) is 13.1 Å². The Morgan fingerprint density at radius 1 is 1.16 bits per heavy atom. The van der Waals surface area contributed by atoms with Gasteiger partial charge in [-0.15, -0.1) is 0 Å². The molecule has 0 aliphatic heterocycles. The Labute approximate surface area is 158 Å². The largest absolute Gasteiger partial charge is 0.417 e. The molecule has 0 unspecified atom stereocenters. The van der Waals surface area contributed by atoms with Crippen LogP contribution in [-0.2, 0) is 6.18 Å². The molecule has 0 saturated carbocycles. The van der Waals surface area contributed by atoms with Gasteiger partial charge in [0.05, 0.1) is 10.6 Å². The number of benzene rings is 1. The summed E-state index contributed by atoms with van der Waals surface area (Å²) in [4.78, 5) is 2.67. The van der Waals surface area contributed by atoms with E-state index >= 15 is 0 Å². The number of rotatable bonds is 6. The monoisotopic (exact) mass is 391 g/mol. The highest BCUT2D eigenvalue weighted by Crippen LogP contribution is 2.37. The van der Waals surface area contributed by atoms with E-state index in [4.69, 9.17) is 23.8 Å². The normalized spacial score (nSPS) is 13.1. The summed E-state index contributed by atoms with van der Waals surface area (Å²) in [5.41, 5.74) is 0.197. The fourth-order valence-electron chi connectivity index (χ4n) is 2.38. The molecule has 0 aliphatic rings. The van der Waals surface area contributed by atoms with Crippen molar-refractivity contribution in [2.45, 2.75) is 47.2 Å². The van der Waals surface area contributed by atoms with Crippen LogP contribution in [0.25, 0.3) is 5.57 Å². The molecular weight excluding hydrogens is 367 g/mol. The fraction of sp³-hybridized carbons (Fsp3) is 0.526. The lowest BCUT2D eigenvalue weighted by Gasteiger charge is -2.24. The molecule has 1 nitrogen and oxygen atoms in total.